The Morgan fingerprint density at radius 2 is 2.18 bits per heavy atom. The highest BCUT2D eigenvalue weighted by molar-refractivity contribution is 5.73. The van der Waals surface area contributed by atoms with E-state index in [1.54, 1.807) is 6.92 Å². The van der Waals surface area contributed by atoms with Crippen molar-refractivity contribution in [2.45, 2.75) is 38.7 Å². The Labute approximate surface area is 103 Å². The number of carbonyl (C=O) groups excluding carboxylic acids is 1. The van der Waals surface area contributed by atoms with Crippen molar-refractivity contribution in [2.75, 3.05) is 26.2 Å². The summed E-state index contributed by atoms with van der Waals surface area (Å²) in [4.78, 5) is 14.0. The molecular weight excluding hydrogens is 218 g/mol. The summed E-state index contributed by atoms with van der Waals surface area (Å²) in [7, 11) is 0. The van der Waals surface area contributed by atoms with Gasteiger partial charge in [-0.3, -0.25) is 4.79 Å². The number of likely N-dealkylation sites (tertiary alicyclic amines) is 1. The number of aliphatic hydroxyl groups is 1. The van der Waals surface area contributed by atoms with Crippen molar-refractivity contribution in [2.24, 2.45) is 11.8 Å². The average Bonchev–Trinajstić information content (AvgIpc) is 2.25. The molecule has 98 valence electrons. The molecule has 1 heterocycles. The number of ether oxygens (including phenoxy) is 1. The molecule has 1 saturated heterocycles. The van der Waals surface area contributed by atoms with Crippen LogP contribution in [0.4, 0.5) is 0 Å². The van der Waals surface area contributed by atoms with Crippen LogP contribution in [0.25, 0.3) is 0 Å². The summed E-state index contributed by atoms with van der Waals surface area (Å²) in [5, 5.41) is 9.86. The fourth-order valence-corrected chi connectivity index (χ4v) is 2.69. The van der Waals surface area contributed by atoms with E-state index in [0.29, 0.717) is 19.6 Å². The van der Waals surface area contributed by atoms with Gasteiger partial charge in [0.15, 0.2) is 0 Å². The molecule has 1 aliphatic heterocycles. The minimum atomic E-state index is -0.522. The van der Waals surface area contributed by atoms with Gasteiger partial charge in [-0.15, -0.1) is 0 Å². The number of esters is 1. The lowest BCUT2D eigenvalue weighted by molar-refractivity contribution is -0.155. The van der Waals surface area contributed by atoms with Gasteiger partial charge in [-0.1, -0.05) is 6.42 Å². The topological polar surface area (TPSA) is 49.8 Å². The molecule has 2 unspecified atom stereocenters. The zero-order valence-corrected chi connectivity index (χ0v) is 10.6. The molecule has 2 aliphatic rings. The van der Waals surface area contributed by atoms with Gasteiger partial charge in [0, 0.05) is 19.6 Å². The summed E-state index contributed by atoms with van der Waals surface area (Å²) in [5.41, 5.74) is 0. The highest BCUT2D eigenvalue weighted by atomic mass is 16.5. The van der Waals surface area contributed by atoms with Gasteiger partial charge >= 0.3 is 5.97 Å². The summed E-state index contributed by atoms with van der Waals surface area (Å²) in [6.45, 7) is 4.86. The molecule has 0 aromatic rings. The van der Waals surface area contributed by atoms with Crippen LogP contribution >= 0.6 is 0 Å². The summed E-state index contributed by atoms with van der Waals surface area (Å²) in [6.07, 6.45) is 4.16. The highest BCUT2D eigenvalue weighted by Gasteiger charge is 2.35. The molecule has 2 fully saturated rings. The molecule has 4 nitrogen and oxygen atoms in total. The normalized spacial score (nSPS) is 30.9. The molecule has 0 aromatic heterocycles. The largest absolute Gasteiger partial charge is 0.466 e. The van der Waals surface area contributed by atoms with Gasteiger partial charge in [0.05, 0.1) is 18.6 Å². The molecule has 0 spiro atoms. The second kappa shape index (κ2) is 5.83. The van der Waals surface area contributed by atoms with Gasteiger partial charge in [0.25, 0.3) is 0 Å². The first-order valence-corrected chi connectivity index (χ1v) is 6.77. The van der Waals surface area contributed by atoms with Crippen molar-refractivity contribution in [1.82, 2.24) is 4.90 Å². The second-order valence-electron chi connectivity index (χ2n) is 5.27. The lowest BCUT2D eigenvalue weighted by atomic mass is 9.84. The van der Waals surface area contributed by atoms with Crippen LogP contribution in [-0.2, 0) is 9.53 Å². The van der Waals surface area contributed by atoms with Gasteiger partial charge in [0.2, 0.25) is 0 Å². The smallest absolute Gasteiger partial charge is 0.312 e. The summed E-state index contributed by atoms with van der Waals surface area (Å²) < 4.78 is 5.02. The van der Waals surface area contributed by atoms with Crippen LogP contribution in [0.15, 0.2) is 0 Å². The third kappa shape index (κ3) is 3.19. The quantitative estimate of drug-likeness (QED) is 0.747. The van der Waals surface area contributed by atoms with Gasteiger partial charge in [-0.2, -0.15) is 0 Å². The SMILES string of the molecule is CCOC(=O)C1CN(CC2CCC2)CCC1O. The van der Waals surface area contributed by atoms with Gasteiger partial charge in [-0.05, 0) is 32.1 Å². The number of nitrogens with zero attached hydrogens (tertiary/aromatic N) is 1. The standard InChI is InChI=1S/C13H23NO3/c1-2-17-13(16)11-9-14(7-6-12(11)15)8-10-4-3-5-10/h10-12,15H,2-9H2,1H3. The fourth-order valence-electron chi connectivity index (χ4n) is 2.69. The molecule has 0 bridgehead atoms. The Kier molecular flexibility index (Phi) is 4.40. The molecular formula is C13H23NO3. The summed E-state index contributed by atoms with van der Waals surface area (Å²) in [5.74, 6) is 0.232. The molecule has 0 radical (unpaired) electrons. The summed E-state index contributed by atoms with van der Waals surface area (Å²) >= 11 is 0. The fraction of sp³-hybridized carbons (Fsp3) is 0.923. The Balaban J connectivity index is 1.84. The van der Waals surface area contributed by atoms with Gasteiger partial charge < -0.3 is 14.7 Å². The van der Waals surface area contributed by atoms with Gasteiger partial charge in [0.1, 0.15) is 0 Å². The first kappa shape index (κ1) is 12.8. The van der Waals surface area contributed by atoms with E-state index in [0.717, 1.165) is 19.0 Å². The van der Waals surface area contributed by atoms with E-state index in [9.17, 15) is 9.90 Å². The summed E-state index contributed by atoms with van der Waals surface area (Å²) in [6, 6.07) is 0. The Morgan fingerprint density at radius 3 is 2.76 bits per heavy atom. The first-order chi connectivity index (χ1) is 8.20. The maximum atomic E-state index is 11.7. The van der Waals surface area contributed by atoms with Crippen LogP contribution in [0.5, 0.6) is 0 Å². The number of carbonyl (C=O) groups is 1. The first-order valence-electron chi connectivity index (χ1n) is 6.77. The van der Waals surface area contributed by atoms with Crippen LogP contribution in [0.2, 0.25) is 0 Å². The Hall–Kier alpha value is -0.610. The lowest BCUT2D eigenvalue weighted by Crippen LogP contribution is -2.48. The number of hydrogen-bond acceptors (Lipinski definition) is 4. The number of hydrogen-bond donors (Lipinski definition) is 1. The van der Waals surface area contributed by atoms with E-state index in [-0.39, 0.29) is 11.9 Å². The van der Waals surface area contributed by atoms with E-state index in [4.69, 9.17) is 4.74 Å². The van der Waals surface area contributed by atoms with E-state index < -0.39 is 6.10 Å². The van der Waals surface area contributed by atoms with Crippen molar-refractivity contribution >= 4 is 5.97 Å². The zero-order valence-electron chi connectivity index (χ0n) is 10.6. The van der Waals surface area contributed by atoms with Gasteiger partial charge in [-0.25, -0.2) is 0 Å². The van der Waals surface area contributed by atoms with Crippen LogP contribution in [-0.4, -0.2) is 48.3 Å². The predicted molar refractivity (Wildman–Crippen MR) is 64.5 cm³/mol. The average molecular weight is 241 g/mol. The third-order valence-electron chi connectivity index (χ3n) is 3.99. The van der Waals surface area contributed by atoms with Crippen LogP contribution in [0, 0.1) is 11.8 Å². The minimum absolute atomic E-state index is 0.238. The molecule has 0 aromatic carbocycles. The Bertz CT molecular complexity index is 265. The molecule has 1 aliphatic carbocycles. The lowest BCUT2D eigenvalue weighted by Gasteiger charge is -2.38. The number of rotatable bonds is 4. The van der Waals surface area contributed by atoms with E-state index in [1.807, 2.05) is 0 Å². The van der Waals surface area contributed by atoms with E-state index in [1.165, 1.54) is 19.3 Å². The molecule has 4 heteroatoms. The maximum absolute atomic E-state index is 11.7. The predicted octanol–water partition coefficient (Wildman–Crippen LogP) is 1.03. The minimum Gasteiger partial charge on any atom is -0.466 e. The van der Waals surface area contributed by atoms with Crippen molar-refractivity contribution in [3.8, 4) is 0 Å². The van der Waals surface area contributed by atoms with Crippen molar-refractivity contribution in [1.29, 1.82) is 0 Å². The highest BCUT2D eigenvalue weighted by Crippen LogP contribution is 2.29. The van der Waals surface area contributed by atoms with E-state index in [2.05, 4.69) is 4.90 Å². The Morgan fingerprint density at radius 1 is 1.41 bits per heavy atom. The third-order valence-corrected chi connectivity index (χ3v) is 3.99. The number of piperidine rings is 1. The molecule has 17 heavy (non-hydrogen) atoms. The van der Waals surface area contributed by atoms with Crippen molar-refractivity contribution in [3.05, 3.63) is 0 Å². The van der Waals surface area contributed by atoms with Crippen LogP contribution in [0.1, 0.15) is 32.6 Å². The zero-order chi connectivity index (χ0) is 12.3. The number of aliphatic hydroxyl groups excluding tert-OH is 1. The van der Waals surface area contributed by atoms with Crippen LogP contribution < -0.4 is 0 Å². The van der Waals surface area contributed by atoms with Crippen molar-refractivity contribution < 1.29 is 14.6 Å². The van der Waals surface area contributed by atoms with E-state index >= 15 is 0 Å². The molecule has 2 atom stereocenters. The van der Waals surface area contributed by atoms with Crippen LogP contribution in [0.3, 0.4) is 0 Å². The molecule has 1 N–H and O–H groups in total. The monoisotopic (exact) mass is 241 g/mol. The molecule has 0 amide bonds. The molecule has 1 saturated carbocycles. The second-order valence-corrected chi connectivity index (χ2v) is 5.27. The molecule has 2 rings (SSSR count). The van der Waals surface area contributed by atoms with Crippen molar-refractivity contribution in [3.63, 3.8) is 0 Å². The maximum Gasteiger partial charge on any atom is 0.312 e.